The molecule has 0 unspecified atom stereocenters. The van der Waals surface area contributed by atoms with E-state index in [1.165, 1.54) is 23.3 Å². The first-order valence-corrected chi connectivity index (χ1v) is 10.2. The van der Waals surface area contributed by atoms with Crippen LogP contribution < -0.4 is 4.74 Å². The van der Waals surface area contributed by atoms with E-state index in [1.807, 2.05) is 13.0 Å². The predicted molar refractivity (Wildman–Crippen MR) is 118 cm³/mol. The number of rotatable bonds is 6. The largest absolute Gasteiger partial charge is 0.508 e. The standard InChI is InChI=1S/C25H28O6/c1-14(2)5-4-6-15(3)7-8-16-9-18(20(28)12-19(16)27)23-13-22(30)25-21(29)10-17(26)11-24(25)31-23/h5,7,9-12,23,26-29H,4,6,8,13H2,1-3H3/t23-/m0/s1. The average molecular weight is 424 g/mol. The molecule has 0 amide bonds. The van der Waals surface area contributed by atoms with Crippen LogP contribution in [0, 0.1) is 0 Å². The van der Waals surface area contributed by atoms with E-state index in [0.717, 1.165) is 18.9 Å². The third-order valence-corrected chi connectivity index (χ3v) is 5.32. The van der Waals surface area contributed by atoms with E-state index in [-0.39, 0.29) is 46.5 Å². The molecule has 1 atom stereocenters. The van der Waals surface area contributed by atoms with Gasteiger partial charge < -0.3 is 25.2 Å². The number of carbonyl (C=O) groups is 1. The third kappa shape index (κ3) is 5.20. The highest BCUT2D eigenvalue weighted by atomic mass is 16.5. The summed E-state index contributed by atoms with van der Waals surface area (Å²) in [6.07, 6.45) is 5.67. The minimum absolute atomic E-state index is 0.0162. The quantitative estimate of drug-likeness (QED) is 0.459. The summed E-state index contributed by atoms with van der Waals surface area (Å²) in [5.74, 6) is -1.09. The van der Waals surface area contributed by atoms with Crippen molar-refractivity contribution in [2.75, 3.05) is 0 Å². The zero-order chi connectivity index (χ0) is 22.7. The number of aromatic hydroxyl groups is 4. The Hall–Kier alpha value is -3.41. The summed E-state index contributed by atoms with van der Waals surface area (Å²) >= 11 is 0. The van der Waals surface area contributed by atoms with Gasteiger partial charge in [-0.05, 0) is 51.7 Å². The van der Waals surface area contributed by atoms with Crippen LogP contribution in [-0.2, 0) is 6.42 Å². The number of allylic oxidation sites excluding steroid dienone is 4. The molecule has 6 heteroatoms. The number of Topliss-reactive ketones (excluding diaryl/α,β-unsaturated/α-hetero) is 1. The molecule has 164 valence electrons. The van der Waals surface area contributed by atoms with Crippen molar-refractivity contribution in [3.05, 3.63) is 64.3 Å². The molecule has 1 heterocycles. The molecular formula is C25H28O6. The molecule has 31 heavy (non-hydrogen) atoms. The molecule has 6 nitrogen and oxygen atoms in total. The van der Waals surface area contributed by atoms with Gasteiger partial charge in [-0.15, -0.1) is 0 Å². The maximum absolute atomic E-state index is 12.6. The van der Waals surface area contributed by atoms with Crippen LogP contribution in [0.5, 0.6) is 28.7 Å². The van der Waals surface area contributed by atoms with Crippen LogP contribution in [0.15, 0.2) is 47.6 Å². The van der Waals surface area contributed by atoms with Gasteiger partial charge in [-0.1, -0.05) is 23.3 Å². The fourth-order valence-electron chi connectivity index (χ4n) is 3.64. The molecule has 0 bridgehead atoms. The Morgan fingerprint density at radius 2 is 1.74 bits per heavy atom. The minimum atomic E-state index is -0.803. The number of phenols is 4. The molecule has 0 spiro atoms. The molecular weight excluding hydrogens is 396 g/mol. The molecule has 2 aromatic rings. The fourth-order valence-corrected chi connectivity index (χ4v) is 3.64. The van der Waals surface area contributed by atoms with Gasteiger partial charge in [0.05, 0.1) is 6.42 Å². The molecule has 2 aromatic carbocycles. The van der Waals surface area contributed by atoms with E-state index in [4.69, 9.17) is 4.74 Å². The van der Waals surface area contributed by atoms with E-state index in [0.29, 0.717) is 17.5 Å². The summed E-state index contributed by atoms with van der Waals surface area (Å²) in [6.45, 7) is 6.17. The second-order valence-electron chi connectivity index (χ2n) is 8.19. The highest BCUT2D eigenvalue weighted by Gasteiger charge is 2.32. The highest BCUT2D eigenvalue weighted by Crippen LogP contribution is 2.44. The lowest BCUT2D eigenvalue weighted by molar-refractivity contribution is 0.0842. The molecule has 4 N–H and O–H groups in total. The Balaban J connectivity index is 1.84. The predicted octanol–water partition coefficient (Wildman–Crippen LogP) is 5.45. The van der Waals surface area contributed by atoms with Gasteiger partial charge >= 0.3 is 0 Å². The Kier molecular flexibility index (Phi) is 6.59. The van der Waals surface area contributed by atoms with Crippen molar-refractivity contribution in [2.24, 2.45) is 0 Å². The molecule has 0 aromatic heterocycles. The SMILES string of the molecule is CC(C)=CCCC(C)=CCc1cc([C@@H]2CC(=O)c3c(O)cc(O)cc3O2)c(O)cc1O. The van der Waals surface area contributed by atoms with E-state index in [1.54, 1.807) is 6.07 Å². The summed E-state index contributed by atoms with van der Waals surface area (Å²) in [4.78, 5) is 12.6. The summed E-state index contributed by atoms with van der Waals surface area (Å²) in [5, 5.41) is 40.3. The third-order valence-electron chi connectivity index (χ3n) is 5.32. The number of ketones is 1. The summed E-state index contributed by atoms with van der Waals surface area (Å²) in [5.41, 5.74) is 3.46. The van der Waals surface area contributed by atoms with Crippen LogP contribution in [0.25, 0.3) is 0 Å². The molecule has 1 aliphatic rings. The Bertz CT molecular complexity index is 1060. The number of ether oxygens (including phenoxy) is 1. The zero-order valence-electron chi connectivity index (χ0n) is 18.0. The molecule has 0 fully saturated rings. The van der Waals surface area contributed by atoms with Gasteiger partial charge in [0.25, 0.3) is 0 Å². The van der Waals surface area contributed by atoms with Gasteiger partial charge in [0.15, 0.2) is 5.78 Å². The van der Waals surface area contributed by atoms with Crippen LogP contribution in [0.4, 0.5) is 0 Å². The van der Waals surface area contributed by atoms with Gasteiger partial charge in [0.2, 0.25) is 0 Å². The van der Waals surface area contributed by atoms with Crippen LogP contribution in [0.3, 0.4) is 0 Å². The molecule has 3 rings (SSSR count). The summed E-state index contributed by atoms with van der Waals surface area (Å²) in [7, 11) is 0. The summed E-state index contributed by atoms with van der Waals surface area (Å²) < 4.78 is 5.82. The number of fused-ring (bicyclic) bond motifs is 1. The smallest absolute Gasteiger partial charge is 0.174 e. The Morgan fingerprint density at radius 1 is 1.00 bits per heavy atom. The van der Waals surface area contributed by atoms with Crippen LogP contribution >= 0.6 is 0 Å². The lowest BCUT2D eigenvalue weighted by Gasteiger charge is -2.27. The second-order valence-corrected chi connectivity index (χ2v) is 8.19. The number of benzene rings is 2. The van der Waals surface area contributed by atoms with Crippen molar-refractivity contribution in [1.29, 1.82) is 0 Å². The van der Waals surface area contributed by atoms with Crippen molar-refractivity contribution < 1.29 is 30.0 Å². The first-order valence-electron chi connectivity index (χ1n) is 10.2. The topological polar surface area (TPSA) is 107 Å². The average Bonchev–Trinajstić information content (AvgIpc) is 2.66. The van der Waals surface area contributed by atoms with Gasteiger partial charge in [-0.3, -0.25) is 4.79 Å². The first-order chi connectivity index (χ1) is 14.7. The van der Waals surface area contributed by atoms with Crippen molar-refractivity contribution in [2.45, 2.75) is 52.6 Å². The Morgan fingerprint density at radius 3 is 2.45 bits per heavy atom. The van der Waals surface area contributed by atoms with E-state index in [9.17, 15) is 25.2 Å². The number of carbonyl (C=O) groups excluding carboxylic acids is 1. The lowest BCUT2D eigenvalue weighted by atomic mass is 9.93. The van der Waals surface area contributed by atoms with E-state index in [2.05, 4.69) is 19.9 Å². The first kappa shape index (κ1) is 22.3. The van der Waals surface area contributed by atoms with Crippen molar-refractivity contribution in [1.82, 2.24) is 0 Å². The van der Waals surface area contributed by atoms with Gasteiger partial charge in [-0.25, -0.2) is 0 Å². The molecule has 0 radical (unpaired) electrons. The zero-order valence-corrected chi connectivity index (χ0v) is 18.0. The van der Waals surface area contributed by atoms with E-state index >= 15 is 0 Å². The van der Waals surface area contributed by atoms with Crippen LogP contribution in [-0.4, -0.2) is 26.2 Å². The molecule has 1 aliphatic heterocycles. The Labute approximate surface area is 181 Å². The van der Waals surface area contributed by atoms with E-state index < -0.39 is 6.10 Å². The maximum Gasteiger partial charge on any atom is 0.174 e. The number of phenolic OH excluding ortho intramolecular Hbond substituents is 4. The molecule has 0 aliphatic carbocycles. The monoisotopic (exact) mass is 424 g/mol. The summed E-state index contributed by atoms with van der Waals surface area (Å²) in [6, 6.07) is 5.23. The van der Waals surface area contributed by atoms with Crippen LogP contribution in [0.1, 0.15) is 67.6 Å². The molecule has 0 saturated carbocycles. The maximum atomic E-state index is 12.6. The van der Waals surface area contributed by atoms with Crippen molar-refractivity contribution in [3.63, 3.8) is 0 Å². The van der Waals surface area contributed by atoms with Crippen LogP contribution in [0.2, 0.25) is 0 Å². The molecule has 0 saturated heterocycles. The van der Waals surface area contributed by atoms with Crippen molar-refractivity contribution >= 4 is 5.78 Å². The van der Waals surface area contributed by atoms with Gasteiger partial charge in [-0.2, -0.15) is 0 Å². The number of hydrogen-bond acceptors (Lipinski definition) is 6. The second kappa shape index (κ2) is 9.16. The minimum Gasteiger partial charge on any atom is -0.508 e. The lowest BCUT2D eigenvalue weighted by Crippen LogP contribution is -2.20. The highest BCUT2D eigenvalue weighted by molar-refractivity contribution is 6.02. The van der Waals surface area contributed by atoms with Gasteiger partial charge in [0, 0.05) is 23.8 Å². The van der Waals surface area contributed by atoms with Crippen molar-refractivity contribution in [3.8, 4) is 28.7 Å². The fraction of sp³-hybridized carbons (Fsp3) is 0.320. The normalized spacial score (nSPS) is 15.9. The van der Waals surface area contributed by atoms with Gasteiger partial charge in [0.1, 0.15) is 40.4 Å². The number of hydrogen-bond donors (Lipinski definition) is 4.